The maximum Gasteiger partial charge on any atom is 0.373 e. The molecule has 6 nitrogen and oxygen atoms in total. The predicted octanol–water partition coefficient (Wildman–Crippen LogP) is 2.78. The van der Waals surface area contributed by atoms with Gasteiger partial charge in [0, 0.05) is 29.2 Å². The molecule has 0 radical (unpaired) electrons. The first-order valence-corrected chi connectivity index (χ1v) is 6.20. The Kier molecular flexibility index (Phi) is 3.13. The lowest BCUT2D eigenvalue weighted by molar-refractivity contribution is 0.0567. The van der Waals surface area contributed by atoms with Gasteiger partial charge in [0.25, 0.3) is 0 Å². The largest absolute Gasteiger partial charge is 0.495 e. The maximum absolute atomic E-state index is 11.7. The molecule has 21 heavy (non-hydrogen) atoms. The second kappa shape index (κ2) is 4.97. The van der Waals surface area contributed by atoms with E-state index in [4.69, 9.17) is 13.9 Å². The number of rotatable bonds is 3. The average molecular weight is 287 g/mol. The zero-order valence-electron chi connectivity index (χ0n) is 11.8. The summed E-state index contributed by atoms with van der Waals surface area (Å²) in [5.41, 5.74) is 0.438. The van der Waals surface area contributed by atoms with Crippen LogP contribution in [0.3, 0.4) is 0 Å². The van der Waals surface area contributed by atoms with Crippen LogP contribution in [0.1, 0.15) is 10.6 Å². The fourth-order valence-electron chi connectivity index (χ4n) is 2.39. The molecular weight excluding hydrogens is 274 g/mol. The van der Waals surface area contributed by atoms with E-state index in [1.165, 1.54) is 7.11 Å². The number of carbonyl (C=O) groups excluding carboxylic acids is 1. The minimum absolute atomic E-state index is 0.0902. The van der Waals surface area contributed by atoms with Crippen molar-refractivity contribution in [3.8, 4) is 11.5 Å². The van der Waals surface area contributed by atoms with E-state index < -0.39 is 5.97 Å². The number of esters is 1. The molecule has 108 valence electrons. The third-order valence-electron chi connectivity index (χ3n) is 3.29. The Balaban J connectivity index is 2.47. The number of carbonyl (C=O) groups is 1. The average Bonchev–Trinajstić information content (AvgIpc) is 2.96. The minimum atomic E-state index is -0.558. The molecule has 0 amide bonds. The van der Waals surface area contributed by atoms with Gasteiger partial charge >= 0.3 is 5.97 Å². The molecule has 0 aliphatic rings. The van der Waals surface area contributed by atoms with Crippen molar-refractivity contribution in [2.24, 2.45) is 0 Å². The summed E-state index contributed by atoms with van der Waals surface area (Å²) < 4.78 is 21.2. The summed E-state index contributed by atoms with van der Waals surface area (Å²) in [5, 5.41) is 2.21. The first kappa shape index (κ1) is 13.2. The van der Waals surface area contributed by atoms with Crippen LogP contribution in [0.4, 0.5) is 0 Å². The van der Waals surface area contributed by atoms with Gasteiger partial charge in [-0.15, -0.1) is 0 Å². The van der Waals surface area contributed by atoms with E-state index in [9.17, 15) is 4.79 Å². The van der Waals surface area contributed by atoms with Crippen LogP contribution < -0.4 is 9.47 Å². The van der Waals surface area contributed by atoms with Crippen LogP contribution in [0.5, 0.6) is 11.5 Å². The molecule has 6 heteroatoms. The van der Waals surface area contributed by atoms with Gasteiger partial charge in [-0.25, -0.2) is 4.79 Å². The summed E-state index contributed by atoms with van der Waals surface area (Å²) in [6.07, 6.45) is 3.33. The Morgan fingerprint density at radius 1 is 1.10 bits per heavy atom. The molecule has 0 N–H and O–H groups in total. The molecule has 3 aromatic rings. The number of hydrogen-bond acceptors (Lipinski definition) is 6. The van der Waals surface area contributed by atoms with Gasteiger partial charge in [-0.2, -0.15) is 0 Å². The Hall–Kier alpha value is -2.76. The summed E-state index contributed by atoms with van der Waals surface area (Å²) in [7, 11) is 4.39. The molecule has 0 saturated carbocycles. The molecular formula is C15H13NO5. The van der Waals surface area contributed by atoms with E-state index in [0.29, 0.717) is 22.5 Å². The van der Waals surface area contributed by atoms with E-state index in [0.717, 1.165) is 10.8 Å². The molecule has 0 bridgehead atoms. The molecule has 0 spiro atoms. The van der Waals surface area contributed by atoms with Crippen LogP contribution in [-0.2, 0) is 4.74 Å². The monoisotopic (exact) mass is 287 g/mol. The van der Waals surface area contributed by atoms with Crippen molar-refractivity contribution in [3.05, 3.63) is 30.3 Å². The van der Waals surface area contributed by atoms with Gasteiger partial charge in [-0.3, -0.25) is 4.98 Å². The molecule has 0 aliphatic heterocycles. The summed E-state index contributed by atoms with van der Waals surface area (Å²) in [6.45, 7) is 0. The predicted molar refractivity (Wildman–Crippen MR) is 76.0 cm³/mol. The second-order valence-corrected chi connectivity index (χ2v) is 4.33. The van der Waals surface area contributed by atoms with Crippen molar-refractivity contribution in [2.75, 3.05) is 21.3 Å². The van der Waals surface area contributed by atoms with Gasteiger partial charge in [0.2, 0.25) is 5.76 Å². The van der Waals surface area contributed by atoms with E-state index in [1.807, 2.05) is 0 Å². The summed E-state index contributed by atoms with van der Waals surface area (Å²) in [6, 6.07) is 3.38. The van der Waals surface area contributed by atoms with Crippen LogP contribution in [0, 0.1) is 0 Å². The van der Waals surface area contributed by atoms with Crippen LogP contribution >= 0.6 is 0 Å². The minimum Gasteiger partial charge on any atom is -0.495 e. The molecule has 2 heterocycles. The van der Waals surface area contributed by atoms with E-state index in [2.05, 4.69) is 9.72 Å². The van der Waals surface area contributed by atoms with Gasteiger partial charge in [-0.1, -0.05) is 0 Å². The maximum atomic E-state index is 11.7. The highest BCUT2D eigenvalue weighted by Gasteiger charge is 2.22. The van der Waals surface area contributed by atoms with Crippen molar-refractivity contribution in [1.82, 2.24) is 4.98 Å². The van der Waals surface area contributed by atoms with Crippen molar-refractivity contribution in [3.63, 3.8) is 0 Å². The number of nitrogens with zero attached hydrogens (tertiary/aromatic N) is 1. The Labute approximate surface area is 120 Å². The standard InChI is InChI=1S/C15H13NO5/c1-18-12-9-6-11(15(17)20-3)21-14(9)13(19-2)8-4-5-16-7-10(8)12/h4-7H,1-3H3. The van der Waals surface area contributed by atoms with Gasteiger partial charge in [0.1, 0.15) is 5.75 Å². The third-order valence-corrected chi connectivity index (χ3v) is 3.29. The number of benzene rings is 1. The smallest absolute Gasteiger partial charge is 0.373 e. The molecule has 3 rings (SSSR count). The van der Waals surface area contributed by atoms with Crippen LogP contribution in [0.25, 0.3) is 21.7 Å². The third kappa shape index (κ3) is 1.87. The van der Waals surface area contributed by atoms with Crippen molar-refractivity contribution in [1.29, 1.82) is 0 Å². The number of ether oxygens (including phenoxy) is 3. The molecule has 0 fully saturated rings. The number of hydrogen-bond donors (Lipinski definition) is 0. The first-order chi connectivity index (χ1) is 10.2. The van der Waals surface area contributed by atoms with Crippen LogP contribution in [-0.4, -0.2) is 32.3 Å². The highest BCUT2D eigenvalue weighted by atomic mass is 16.5. The van der Waals surface area contributed by atoms with Gasteiger partial charge in [0.15, 0.2) is 11.3 Å². The first-order valence-electron chi connectivity index (χ1n) is 6.20. The van der Waals surface area contributed by atoms with E-state index >= 15 is 0 Å². The van der Waals surface area contributed by atoms with Gasteiger partial charge in [0.05, 0.1) is 26.7 Å². The molecule has 0 atom stereocenters. The Morgan fingerprint density at radius 3 is 2.52 bits per heavy atom. The number of methoxy groups -OCH3 is 3. The zero-order valence-corrected chi connectivity index (χ0v) is 11.8. The van der Waals surface area contributed by atoms with E-state index in [1.54, 1.807) is 38.7 Å². The SMILES string of the molecule is COC(=O)c1cc2c(OC)c3cnccc3c(OC)c2o1. The number of furan rings is 1. The lowest BCUT2D eigenvalue weighted by atomic mass is 10.1. The molecule has 0 saturated heterocycles. The fraction of sp³-hybridized carbons (Fsp3) is 0.200. The highest BCUT2D eigenvalue weighted by molar-refractivity contribution is 6.10. The highest BCUT2D eigenvalue weighted by Crippen LogP contribution is 2.43. The number of aromatic nitrogens is 1. The Morgan fingerprint density at radius 2 is 1.86 bits per heavy atom. The van der Waals surface area contributed by atoms with Crippen molar-refractivity contribution >= 4 is 27.7 Å². The Bertz CT molecular complexity index is 776. The molecule has 0 aliphatic carbocycles. The summed E-state index contributed by atoms with van der Waals surface area (Å²) >= 11 is 0. The fourth-order valence-corrected chi connectivity index (χ4v) is 2.39. The van der Waals surface area contributed by atoms with Crippen LogP contribution in [0.2, 0.25) is 0 Å². The van der Waals surface area contributed by atoms with E-state index in [-0.39, 0.29) is 5.76 Å². The topological polar surface area (TPSA) is 70.8 Å². The van der Waals surface area contributed by atoms with Gasteiger partial charge < -0.3 is 18.6 Å². The lowest BCUT2D eigenvalue weighted by Gasteiger charge is -2.10. The van der Waals surface area contributed by atoms with Crippen molar-refractivity contribution in [2.45, 2.75) is 0 Å². The second-order valence-electron chi connectivity index (χ2n) is 4.33. The van der Waals surface area contributed by atoms with Crippen LogP contribution in [0.15, 0.2) is 28.9 Å². The summed E-state index contributed by atoms with van der Waals surface area (Å²) in [4.78, 5) is 15.8. The lowest BCUT2D eigenvalue weighted by Crippen LogP contribution is -1.98. The number of fused-ring (bicyclic) bond motifs is 2. The van der Waals surface area contributed by atoms with Crippen molar-refractivity contribution < 1.29 is 23.4 Å². The number of pyridine rings is 1. The molecule has 1 aromatic carbocycles. The summed E-state index contributed by atoms with van der Waals surface area (Å²) in [5.74, 6) is 0.635. The van der Waals surface area contributed by atoms with Gasteiger partial charge in [-0.05, 0) is 6.07 Å². The quantitative estimate of drug-likeness (QED) is 0.690. The zero-order chi connectivity index (χ0) is 15.0. The molecule has 2 aromatic heterocycles. The molecule has 0 unspecified atom stereocenters. The normalized spacial score (nSPS) is 10.8.